The fraction of sp³-hybridized carbons (Fsp3) is 0.238. The number of aromatic nitrogens is 1. The maximum atomic E-state index is 12.2. The van der Waals surface area contributed by atoms with Crippen molar-refractivity contribution in [2.75, 3.05) is 7.11 Å². The third-order valence-corrected chi connectivity index (χ3v) is 6.12. The van der Waals surface area contributed by atoms with Gasteiger partial charge in [-0.1, -0.05) is 53.7 Å². The number of nitrogens with zero attached hydrogens (tertiary/aromatic N) is 1. The molecule has 1 heterocycles. The number of thiazole rings is 1. The molecule has 0 radical (unpaired) electrons. The SMILES string of the molecule is COc1cccc(CNC(=O)Cc2csc(SCc3ccc(C)cc3)n2)c1. The van der Waals surface area contributed by atoms with Crippen LogP contribution in [0.15, 0.2) is 58.3 Å². The predicted molar refractivity (Wildman–Crippen MR) is 111 cm³/mol. The van der Waals surface area contributed by atoms with E-state index in [1.807, 2.05) is 29.6 Å². The Balaban J connectivity index is 1.46. The Bertz CT molecular complexity index is 891. The van der Waals surface area contributed by atoms with E-state index in [9.17, 15) is 4.79 Å². The van der Waals surface area contributed by atoms with Gasteiger partial charge in [0.05, 0.1) is 19.2 Å². The zero-order valence-corrected chi connectivity index (χ0v) is 17.0. The first-order valence-electron chi connectivity index (χ1n) is 8.65. The first-order chi connectivity index (χ1) is 13.1. The number of rotatable bonds is 8. The molecule has 4 nitrogen and oxygen atoms in total. The van der Waals surface area contributed by atoms with Crippen molar-refractivity contribution in [3.8, 4) is 5.75 Å². The van der Waals surface area contributed by atoms with Crippen molar-refractivity contribution >= 4 is 29.0 Å². The fourth-order valence-electron chi connectivity index (χ4n) is 2.48. The van der Waals surface area contributed by atoms with Crippen LogP contribution in [-0.2, 0) is 23.5 Å². The number of hydrogen-bond acceptors (Lipinski definition) is 5. The third-order valence-electron chi connectivity index (χ3n) is 3.98. The lowest BCUT2D eigenvalue weighted by Crippen LogP contribution is -2.24. The third kappa shape index (κ3) is 6.12. The van der Waals surface area contributed by atoms with E-state index >= 15 is 0 Å². The van der Waals surface area contributed by atoms with Crippen molar-refractivity contribution in [2.24, 2.45) is 0 Å². The number of benzene rings is 2. The minimum atomic E-state index is -0.0294. The summed E-state index contributed by atoms with van der Waals surface area (Å²) in [6.45, 7) is 2.57. The van der Waals surface area contributed by atoms with Gasteiger partial charge in [0, 0.05) is 17.7 Å². The van der Waals surface area contributed by atoms with Crippen molar-refractivity contribution < 1.29 is 9.53 Å². The van der Waals surface area contributed by atoms with E-state index in [0.29, 0.717) is 13.0 Å². The van der Waals surface area contributed by atoms with Crippen LogP contribution < -0.4 is 10.1 Å². The molecule has 0 fully saturated rings. The van der Waals surface area contributed by atoms with Crippen molar-refractivity contribution in [3.63, 3.8) is 0 Å². The number of nitrogens with one attached hydrogen (secondary N) is 1. The second-order valence-corrected chi connectivity index (χ2v) is 8.26. The summed E-state index contributed by atoms with van der Waals surface area (Å²) in [4.78, 5) is 16.7. The highest BCUT2D eigenvalue weighted by atomic mass is 32.2. The standard InChI is InChI=1S/C21H22N2O2S2/c1-15-6-8-16(9-7-15)13-26-21-23-18(14-27-21)11-20(24)22-12-17-4-3-5-19(10-17)25-2/h3-10,14H,11-13H2,1-2H3,(H,22,24). The molecule has 1 aromatic heterocycles. The summed E-state index contributed by atoms with van der Waals surface area (Å²) >= 11 is 3.29. The molecule has 0 bridgehead atoms. The van der Waals surface area contributed by atoms with Crippen molar-refractivity contribution in [2.45, 2.75) is 30.0 Å². The lowest BCUT2D eigenvalue weighted by molar-refractivity contribution is -0.120. The van der Waals surface area contributed by atoms with Crippen LogP contribution in [-0.4, -0.2) is 18.0 Å². The monoisotopic (exact) mass is 398 g/mol. The van der Waals surface area contributed by atoms with Gasteiger partial charge in [0.2, 0.25) is 5.91 Å². The van der Waals surface area contributed by atoms with E-state index in [-0.39, 0.29) is 5.91 Å². The summed E-state index contributed by atoms with van der Waals surface area (Å²) in [5, 5.41) is 4.90. The van der Waals surface area contributed by atoms with Gasteiger partial charge < -0.3 is 10.1 Å². The largest absolute Gasteiger partial charge is 0.497 e. The molecule has 0 atom stereocenters. The Kier molecular flexibility index (Phi) is 6.90. The van der Waals surface area contributed by atoms with E-state index in [1.165, 1.54) is 11.1 Å². The number of thioether (sulfide) groups is 1. The maximum absolute atomic E-state index is 12.2. The lowest BCUT2D eigenvalue weighted by Gasteiger charge is -2.06. The Morgan fingerprint density at radius 1 is 1.19 bits per heavy atom. The lowest BCUT2D eigenvalue weighted by atomic mass is 10.2. The molecule has 0 aliphatic carbocycles. The van der Waals surface area contributed by atoms with E-state index in [1.54, 1.807) is 30.2 Å². The van der Waals surface area contributed by atoms with Gasteiger partial charge in [0.15, 0.2) is 0 Å². The summed E-state index contributed by atoms with van der Waals surface area (Å²) in [5.74, 6) is 1.64. The highest BCUT2D eigenvalue weighted by Crippen LogP contribution is 2.26. The van der Waals surface area contributed by atoms with Gasteiger partial charge in [-0.05, 0) is 30.2 Å². The van der Waals surface area contributed by atoms with Gasteiger partial charge in [-0.25, -0.2) is 4.98 Å². The van der Waals surface area contributed by atoms with Gasteiger partial charge in [0.1, 0.15) is 10.1 Å². The molecule has 2 aromatic carbocycles. The van der Waals surface area contributed by atoms with Gasteiger partial charge in [-0.15, -0.1) is 11.3 Å². The van der Waals surface area contributed by atoms with Crippen LogP contribution in [0, 0.1) is 6.92 Å². The quantitative estimate of drug-likeness (QED) is 0.563. The van der Waals surface area contributed by atoms with Crippen LogP contribution in [0.5, 0.6) is 5.75 Å². The first-order valence-corrected chi connectivity index (χ1v) is 10.5. The minimum Gasteiger partial charge on any atom is -0.497 e. The van der Waals surface area contributed by atoms with Gasteiger partial charge in [-0.2, -0.15) is 0 Å². The molecule has 1 amide bonds. The van der Waals surface area contributed by atoms with Gasteiger partial charge in [-0.3, -0.25) is 4.79 Å². The molecule has 27 heavy (non-hydrogen) atoms. The molecule has 140 valence electrons. The zero-order chi connectivity index (χ0) is 19.1. The molecule has 1 N–H and O–H groups in total. The molecule has 0 spiro atoms. The van der Waals surface area contributed by atoms with Crippen LogP contribution in [0.3, 0.4) is 0 Å². The number of methoxy groups -OCH3 is 1. The number of carbonyl (C=O) groups is 1. The van der Waals surface area contributed by atoms with Crippen molar-refractivity contribution in [1.29, 1.82) is 0 Å². The fourth-order valence-corrected chi connectivity index (χ4v) is 4.28. The summed E-state index contributed by atoms with van der Waals surface area (Å²) in [6.07, 6.45) is 0.297. The topological polar surface area (TPSA) is 51.2 Å². The van der Waals surface area contributed by atoms with E-state index in [2.05, 4.69) is 41.5 Å². The minimum absolute atomic E-state index is 0.0294. The summed E-state index contributed by atoms with van der Waals surface area (Å²) in [5.41, 5.74) is 4.36. The van der Waals surface area contributed by atoms with Crippen LogP contribution in [0.25, 0.3) is 0 Å². The van der Waals surface area contributed by atoms with Gasteiger partial charge >= 0.3 is 0 Å². The summed E-state index contributed by atoms with van der Waals surface area (Å²) in [6, 6.07) is 16.2. The number of carbonyl (C=O) groups excluding carboxylic acids is 1. The molecule has 0 aliphatic rings. The predicted octanol–water partition coefficient (Wildman–Crippen LogP) is 4.61. The summed E-state index contributed by atoms with van der Waals surface area (Å²) < 4.78 is 6.19. The smallest absolute Gasteiger partial charge is 0.226 e. The molecule has 0 saturated heterocycles. The number of hydrogen-bond donors (Lipinski definition) is 1. The molecule has 3 aromatic rings. The average Bonchev–Trinajstić information content (AvgIpc) is 3.13. The maximum Gasteiger partial charge on any atom is 0.226 e. The van der Waals surface area contributed by atoms with Crippen LogP contribution in [0.1, 0.15) is 22.4 Å². The summed E-state index contributed by atoms with van der Waals surface area (Å²) in [7, 11) is 1.63. The van der Waals surface area contributed by atoms with Crippen LogP contribution in [0.4, 0.5) is 0 Å². The van der Waals surface area contributed by atoms with Crippen LogP contribution in [0.2, 0.25) is 0 Å². The highest BCUT2D eigenvalue weighted by molar-refractivity contribution is 8.00. The number of amides is 1. The van der Waals surface area contributed by atoms with Gasteiger partial charge in [0.25, 0.3) is 0 Å². The molecule has 6 heteroatoms. The highest BCUT2D eigenvalue weighted by Gasteiger charge is 2.09. The van der Waals surface area contributed by atoms with Crippen LogP contribution >= 0.6 is 23.1 Å². The first kappa shape index (κ1) is 19.5. The Morgan fingerprint density at radius 3 is 2.78 bits per heavy atom. The Hall–Kier alpha value is -2.31. The molecule has 3 rings (SSSR count). The van der Waals surface area contributed by atoms with Crippen molar-refractivity contribution in [3.05, 3.63) is 76.3 Å². The normalized spacial score (nSPS) is 10.6. The molecular formula is C21H22N2O2S2. The second kappa shape index (κ2) is 9.58. The molecular weight excluding hydrogens is 376 g/mol. The Labute approximate surface area is 168 Å². The zero-order valence-electron chi connectivity index (χ0n) is 15.4. The van der Waals surface area contributed by atoms with E-state index < -0.39 is 0 Å². The Morgan fingerprint density at radius 2 is 2.00 bits per heavy atom. The second-order valence-electron chi connectivity index (χ2n) is 6.18. The average molecular weight is 399 g/mol. The number of aryl methyl sites for hydroxylation is 1. The molecule has 0 saturated carbocycles. The van der Waals surface area contributed by atoms with Crippen molar-refractivity contribution in [1.82, 2.24) is 10.3 Å². The molecule has 0 unspecified atom stereocenters. The molecule has 0 aliphatic heterocycles. The number of ether oxygens (including phenoxy) is 1. The van der Waals surface area contributed by atoms with E-state index in [4.69, 9.17) is 4.74 Å². The van der Waals surface area contributed by atoms with E-state index in [0.717, 1.165) is 27.1 Å².